The van der Waals surface area contributed by atoms with Gasteiger partial charge in [-0.05, 0) is 60.7 Å². The average molecular weight is 589 g/mol. The molecule has 0 bridgehead atoms. The summed E-state index contributed by atoms with van der Waals surface area (Å²) in [6, 6.07) is 12.7. The number of benzene rings is 2. The molecule has 0 saturated heterocycles. The molecule has 0 radical (unpaired) electrons. The maximum Gasteiger partial charge on any atom is 0.416 e. The Labute approximate surface area is 237 Å². The number of imidazole rings is 1. The Balaban J connectivity index is 1.17. The van der Waals surface area contributed by atoms with Crippen LogP contribution in [0.5, 0.6) is 5.75 Å². The number of nitrogens with zero attached hydrogens (tertiary/aromatic N) is 3. The number of unbranched alkanes of at least 4 members (excludes halogenated alkanes) is 1. The van der Waals surface area contributed by atoms with E-state index in [1.165, 1.54) is 24.0 Å². The SMILES string of the molecule is CS(=O)(=O)NCCc1nccn1CCCCc1ccc(OCc2coc(C=Cc3ccc(C(F)(F)F)cc3)n2)cc1. The van der Waals surface area contributed by atoms with Gasteiger partial charge >= 0.3 is 6.18 Å². The number of hydrogen-bond acceptors (Lipinski definition) is 6. The highest BCUT2D eigenvalue weighted by Gasteiger charge is 2.29. The van der Waals surface area contributed by atoms with Gasteiger partial charge in [-0.1, -0.05) is 24.3 Å². The summed E-state index contributed by atoms with van der Waals surface area (Å²) < 4.78 is 76.3. The van der Waals surface area contributed by atoms with Crippen LogP contribution in [0, 0.1) is 0 Å². The minimum Gasteiger partial charge on any atom is -0.487 e. The van der Waals surface area contributed by atoms with Crippen LogP contribution in [0.4, 0.5) is 13.2 Å². The van der Waals surface area contributed by atoms with Gasteiger partial charge in [-0.15, -0.1) is 0 Å². The van der Waals surface area contributed by atoms with Crippen LogP contribution in [0.2, 0.25) is 0 Å². The first-order chi connectivity index (χ1) is 19.5. The van der Waals surface area contributed by atoms with Crippen molar-refractivity contribution >= 4 is 22.2 Å². The van der Waals surface area contributed by atoms with Gasteiger partial charge in [-0.2, -0.15) is 13.2 Å². The molecule has 0 atom stereocenters. The molecule has 218 valence electrons. The van der Waals surface area contributed by atoms with Crippen LogP contribution in [0.15, 0.2) is 71.6 Å². The highest BCUT2D eigenvalue weighted by molar-refractivity contribution is 7.88. The standard InChI is InChI=1S/C29H31F3N4O4S/c1-41(37,38)34-16-15-27-33-17-19-36(27)18-3-2-4-22-7-12-26(13-8-22)39-20-25-21-40-28(35-25)14-9-23-5-10-24(11-6-23)29(30,31)32/h5-14,17,19,21,34H,2-4,15-16,18,20H2,1H3. The minimum absolute atomic E-state index is 0.212. The fourth-order valence-corrected chi connectivity index (χ4v) is 4.53. The van der Waals surface area contributed by atoms with Crippen LogP contribution < -0.4 is 9.46 Å². The summed E-state index contributed by atoms with van der Waals surface area (Å²) in [4.78, 5) is 8.65. The Bertz CT molecular complexity index is 1530. The van der Waals surface area contributed by atoms with Crippen molar-refractivity contribution in [1.82, 2.24) is 19.3 Å². The van der Waals surface area contributed by atoms with Crippen molar-refractivity contribution in [3.05, 3.63) is 101 Å². The summed E-state index contributed by atoms with van der Waals surface area (Å²) in [5.41, 5.74) is 1.68. The van der Waals surface area contributed by atoms with E-state index in [9.17, 15) is 21.6 Å². The second-order valence-corrected chi connectivity index (χ2v) is 11.3. The molecule has 2 aromatic heterocycles. The van der Waals surface area contributed by atoms with E-state index in [1.54, 1.807) is 18.3 Å². The Morgan fingerprint density at radius 1 is 1.02 bits per heavy atom. The molecular formula is C29H31F3N4O4S. The lowest BCUT2D eigenvalue weighted by Gasteiger charge is -2.09. The van der Waals surface area contributed by atoms with Crippen molar-refractivity contribution in [1.29, 1.82) is 0 Å². The number of rotatable bonds is 14. The lowest BCUT2D eigenvalue weighted by Crippen LogP contribution is -2.25. The normalized spacial score (nSPS) is 12.3. The lowest BCUT2D eigenvalue weighted by molar-refractivity contribution is -0.137. The van der Waals surface area contributed by atoms with Crippen LogP contribution in [0.3, 0.4) is 0 Å². The quantitative estimate of drug-likeness (QED) is 0.188. The Morgan fingerprint density at radius 3 is 2.49 bits per heavy atom. The van der Waals surface area contributed by atoms with Crippen LogP contribution in [0.1, 0.15) is 46.9 Å². The number of sulfonamides is 1. The molecule has 0 fully saturated rings. The molecule has 0 aliphatic heterocycles. The van der Waals surface area contributed by atoms with E-state index in [1.807, 2.05) is 30.5 Å². The maximum atomic E-state index is 12.7. The lowest BCUT2D eigenvalue weighted by atomic mass is 10.1. The van der Waals surface area contributed by atoms with E-state index in [0.717, 1.165) is 50.0 Å². The monoisotopic (exact) mass is 588 g/mol. The number of aromatic nitrogens is 3. The molecule has 41 heavy (non-hydrogen) atoms. The van der Waals surface area contributed by atoms with E-state index in [0.29, 0.717) is 35.9 Å². The van der Waals surface area contributed by atoms with E-state index in [4.69, 9.17) is 9.15 Å². The summed E-state index contributed by atoms with van der Waals surface area (Å²) in [5.74, 6) is 1.88. The fourth-order valence-electron chi connectivity index (χ4n) is 4.06. The number of oxazole rings is 1. The van der Waals surface area contributed by atoms with Crippen molar-refractivity contribution in [3.63, 3.8) is 0 Å². The Kier molecular flexibility index (Phi) is 10.0. The molecule has 12 heteroatoms. The van der Waals surface area contributed by atoms with E-state index in [-0.39, 0.29) is 6.61 Å². The van der Waals surface area contributed by atoms with Gasteiger partial charge in [0.2, 0.25) is 15.9 Å². The number of alkyl halides is 3. The fraction of sp³-hybridized carbons (Fsp3) is 0.310. The zero-order valence-electron chi connectivity index (χ0n) is 22.5. The van der Waals surface area contributed by atoms with Crippen molar-refractivity contribution in [2.45, 2.75) is 45.0 Å². The Hall–Kier alpha value is -3.90. The molecule has 2 aromatic carbocycles. The predicted octanol–water partition coefficient (Wildman–Crippen LogP) is 5.75. The average Bonchev–Trinajstić information content (AvgIpc) is 3.58. The molecular weight excluding hydrogens is 557 g/mol. The summed E-state index contributed by atoms with van der Waals surface area (Å²) in [5, 5.41) is 0. The first-order valence-corrected chi connectivity index (χ1v) is 14.9. The number of halogens is 3. The maximum absolute atomic E-state index is 12.7. The molecule has 2 heterocycles. The van der Waals surface area contributed by atoms with E-state index >= 15 is 0 Å². The van der Waals surface area contributed by atoms with E-state index in [2.05, 4.69) is 19.3 Å². The Morgan fingerprint density at radius 2 is 1.78 bits per heavy atom. The van der Waals surface area contributed by atoms with Crippen molar-refractivity contribution in [3.8, 4) is 5.75 Å². The predicted molar refractivity (Wildman–Crippen MR) is 149 cm³/mol. The molecule has 8 nitrogen and oxygen atoms in total. The van der Waals surface area contributed by atoms with Gasteiger partial charge < -0.3 is 13.7 Å². The van der Waals surface area contributed by atoms with Crippen LogP contribution >= 0.6 is 0 Å². The smallest absolute Gasteiger partial charge is 0.416 e. The molecule has 0 aliphatic carbocycles. The van der Waals surface area contributed by atoms with Gasteiger partial charge in [0, 0.05) is 38.0 Å². The molecule has 4 aromatic rings. The number of hydrogen-bond donors (Lipinski definition) is 1. The van der Waals surface area contributed by atoms with Crippen LogP contribution in [-0.2, 0) is 42.2 Å². The van der Waals surface area contributed by atoms with Gasteiger partial charge in [0.15, 0.2) is 0 Å². The van der Waals surface area contributed by atoms with E-state index < -0.39 is 21.8 Å². The van der Waals surface area contributed by atoms with Crippen molar-refractivity contribution in [2.24, 2.45) is 0 Å². The molecule has 0 unspecified atom stereocenters. The third-order valence-corrected chi connectivity index (χ3v) is 6.89. The third-order valence-electron chi connectivity index (χ3n) is 6.16. The zero-order chi connectivity index (χ0) is 29.3. The molecule has 0 saturated carbocycles. The number of nitrogens with one attached hydrogen (secondary N) is 1. The summed E-state index contributed by atoms with van der Waals surface area (Å²) in [6.45, 7) is 1.35. The number of ether oxygens (including phenoxy) is 1. The second kappa shape index (κ2) is 13.6. The van der Waals surface area contributed by atoms with Gasteiger partial charge in [0.25, 0.3) is 0 Å². The molecule has 0 aliphatic rings. The first kappa shape index (κ1) is 30.1. The second-order valence-electron chi connectivity index (χ2n) is 9.47. The van der Waals surface area contributed by atoms with Crippen molar-refractivity contribution < 1.29 is 30.7 Å². The van der Waals surface area contributed by atoms with Gasteiger partial charge in [0.05, 0.1) is 11.8 Å². The van der Waals surface area contributed by atoms with Crippen molar-refractivity contribution in [2.75, 3.05) is 12.8 Å². The largest absolute Gasteiger partial charge is 0.487 e. The van der Waals surface area contributed by atoms with Gasteiger partial charge in [-0.25, -0.2) is 23.1 Å². The molecule has 0 spiro atoms. The molecule has 1 N–H and O–H groups in total. The zero-order valence-corrected chi connectivity index (χ0v) is 23.3. The molecule has 0 amide bonds. The van der Waals surface area contributed by atoms with Gasteiger partial charge in [0.1, 0.15) is 30.1 Å². The minimum atomic E-state index is -4.36. The van der Waals surface area contributed by atoms with Crippen LogP contribution in [-0.4, -0.2) is 35.8 Å². The molecule has 4 rings (SSSR count). The number of aryl methyl sites for hydroxylation is 2. The summed E-state index contributed by atoms with van der Waals surface area (Å²) in [6.07, 6.45) is 8.52. The third kappa shape index (κ3) is 9.90. The topological polar surface area (TPSA) is 99.2 Å². The highest BCUT2D eigenvalue weighted by atomic mass is 32.2. The highest BCUT2D eigenvalue weighted by Crippen LogP contribution is 2.29. The summed E-state index contributed by atoms with van der Waals surface area (Å²) >= 11 is 0. The summed E-state index contributed by atoms with van der Waals surface area (Å²) in [7, 11) is -3.21. The van der Waals surface area contributed by atoms with Gasteiger partial charge in [-0.3, -0.25) is 0 Å². The first-order valence-electron chi connectivity index (χ1n) is 13.0. The van der Waals surface area contributed by atoms with Crippen LogP contribution in [0.25, 0.3) is 12.2 Å².